The summed E-state index contributed by atoms with van der Waals surface area (Å²) in [7, 11) is 0. The van der Waals surface area contributed by atoms with E-state index in [9.17, 15) is 14.4 Å². The standard InChI is InChI=1S/C23H26N4O4/c28-20(12-14-27-23(30)18-10-5-4-9-17(18)22(29)26-27)25-21-19(11-6-13-24-21)31-15-16-7-2-1-3-8-16/h4-6,9-11,13,16H,1-3,7-8,12,14-15H2,(H,26,29)(H,24,25,28). The van der Waals surface area contributed by atoms with Crippen LogP contribution in [0.5, 0.6) is 5.75 Å². The van der Waals surface area contributed by atoms with Crippen molar-refractivity contribution in [2.45, 2.75) is 45.1 Å². The Labute approximate surface area is 179 Å². The molecule has 4 rings (SSSR count). The molecule has 2 aromatic heterocycles. The van der Waals surface area contributed by atoms with E-state index in [1.54, 1.807) is 42.6 Å². The second-order valence-corrected chi connectivity index (χ2v) is 7.91. The molecule has 0 bridgehead atoms. The minimum absolute atomic E-state index is 0.00677. The van der Waals surface area contributed by atoms with Crippen LogP contribution in [0.1, 0.15) is 38.5 Å². The molecule has 0 spiro atoms. The fourth-order valence-corrected chi connectivity index (χ4v) is 3.97. The van der Waals surface area contributed by atoms with Crippen molar-refractivity contribution < 1.29 is 9.53 Å². The molecule has 8 nitrogen and oxygen atoms in total. The van der Waals surface area contributed by atoms with Crippen molar-refractivity contribution in [3.05, 3.63) is 63.3 Å². The highest BCUT2D eigenvalue weighted by Crippen LogP contribution is 2.27. The molecule has 0 saturated heterocycles. The van der Waals surface area contributed by atoms with Gasteiger partial charge in [-0.05, 0) is 43.0 Å². The van der Waals surface area contributed by atoms with E-state index in [1.807, 2.05) is 0 Å². The number of carbonyl (C=O) groups excluding carboxylic acids is 1. The lowest BCUT2D eigenvalue weighted by Crippen LogP contribution is -2.31. The van der Waals surface area contributed by atoms with Gasteiger partial charge in [-0.3, -0.25) is 19.5 Å². The minimum Gasteiger partial charge on any atom is -0.489 e. The molecule has 0 unspecified atom stereocenters. The first kappa shape index (κ1) is 20.8. The topological polar surface area (TPSA) is 106 Å². The Kier molecular flexibility index (Phi) is 6.45. The molecular formula is C23H26N4O4. The first-order valence-electron chi connectivity index (χ1n) is 10.7. The number of hydrogen-bond donors (Lipinski definition) is 2. The van der Waals surface area contributed by atoms with Crippen molar-refractivity contribution in [2.75, 3.05) is 11.9 Å². The maximum absolute atomic E-state index is 12.6. The van der Waals surface area contributed by atoms with Gasteiger partial charge in [0.05, 0.1) is 23.9 Å². The Morgan fingerprint density at radius 1 is 1.10 bits per heavy atom. The summed E-state index contributed by atoms with van der Waals surface area (Å²) in [5.41, 5.74) is -0.698. The number of hydrogen-bond acceptors (Lipinski definition) is 5. The minimum atomic E-state index is -0.362. The zero-order valence-electron chi connectivity index (χ0n) is 17.3. The summed E-state index contributed by atoms with van der Waals surface area (Å²) < 4.78 is 7.11. The lowest BCUT2D eigenvalue weighted by Gasteiger charge is -2.22. The molecule has 1 fully saturated rings. The fourth-order valence-electron chi connectivity index (χ4n) is 3.97. The van der Waals surface area contributed by atoms with E-state index >= 15 is 0 Å². The number of aromatic amines is 1. The summed E-state index contributed by atoms with van der Waals surface area (Å²) in [6.07, 6.45) is 7.70. The van der Waals surface area contributed by atoms with Gasteiger partial charge in [0.25, 0.3) is 11.1 Å². The number of benzene rings is 1. The van der Waals surface area contributed by atoms with Gasteiger partial charge in [-0.2, -0.15) is 0 Å². The third-order valence-corrected chi connectivity index (χ3v) is 5.67. The van der Waals surface area contributed by atoms with Crippen LogP contribution in [-0.4, -0.2) is 27.3 Å². The number of nitrogens with zero attached hydrogens (tertiary/aromatic N) is 2. The molecule has 3 aromatic rings. The SMILES string of the molecule is O=C(CCn1[nH]c(=O)c2ccccc2c1=O)Nc1ncccc1OCC1CCCCC1. The van der Waals surface area contributed by atoms with Crippen LogP contribution in [0.4, 0.5) is 5.82 Å². The van der Waals surface area contributed by atoms with E-state index < -0.39 is 0 Å². The van der Waals surface area contributed by atoms with Gasteiger partial charge < -0.3 is 10.1 Å². The zero-order valence-corrected chi connectivity index (χ0v) is 17.3. The zero-order chi connectivity index (χ0) is 21.6. The van der Waals surface area contributed by atoms with Gasteiger partial charge in [-0.1, -0.05) is 31.4 Å². The normalized spacial score (nSPS) is 14.5. The summed E-state index contributed by atoms with van der Waals surface area (Å²) in [6, 6.07) is 10.2. The molecule has 1 aliphatic rings. The Morgan fingerprint density at radius 3 is 2.68 bits per heavy atom. The molecule has 2 heterocycles. The molecule has 1 saturated carbocycles. The predicted molar refractivity (Wildman–Crippen MR) is 118 cm³/mol. The average molecular weight is 422 g/mol. The molecular weight excluding hydrogens is 396 g/mol. The van der Waals surface area contributed by atoms with Crippen molar-refractivity contribution in [3.63, 3.8) is 0 Å². The molecule has 2 N–H and O–H groups in total. The number of pyridine rings is 1. The number of H-pyrrole nitrogens is 1. The van der Waals surface area contributed by atoms with Gasteiger partial charge in [0.1, 0.15) is 0 Å². The molecule has 0 aliphatic heterocycles. The van der Waals surface area contributed by atoms with Crippen LogP contribution < -0.4 is 21.2 Å². The van der Waals surface area contributed by atoms with E-state index in [0.29, 0.717) is 34.9 Å². The molecule has 8 heteroatoms. The first-order chi connectivity index (χ1) is 15.1. The summed E-state index contributed by atoms with van der Waals surface area (Å²) in [4.78, 5) is 41.5. The molecule has 31 heavy (non-hydrogen) atoms. The average Bonchev–Trinajstić information content (AvgIpc) is 2.80. The Balaban J connectivity index is 1.39. The van der Waals surface area contributed by atoms with Crippen molar-refractivity contribution in [1.82, 2.24) is 14.8 Å². The van der Waals surface area contributed by atoms with Crippen LogP contribution in [0.25, 0.3) is 10.8 Å². The quantitative estimate of drug-likeness (QED) is 0.609. The number of aryl methyl sites for hydroxylation is 1. The lowest BCUT2D eigenvalue weighted by molar-refractivity contribution is -0.116. The molecule has 1 amide bonds. The van der Waals surface area contributed by atoms with Gasteiger partial charge in [0.2, 0.25) is 5.91 Å². The van der Waals surface area contributed by atoms with E-state index in [0.717, 1.165) is 0 Å². The van der Waals surface area contributed by atoms with E-state index in [1.165, 1.54) is 36.8 Å². The van der Waals surface area contributed by atoms with Crippen LogP contribution in [0.15, 0.2) is 52.2 Å². The predicted octanol–water partition coefficient (Wildman–Crippen LogP) is 3.07. The van der Waals surface area contributed by atoms with Gasteiger partial charge in [0, 0.05) is 12.6 Å². The summed E-state index contributed by atoms with van der Waals surface area (Å²) >= 11 is 0. The van der Waals surface area contributed by atoms with Crippen LogP contribution >= 0.6 is 0 Å². The molecule has 0 atom stereocenters. The van der Waals surface area contributed by atoms with Crippen LogP contribution in [0.3, 0.4) is 0 Å². The number of nitrogens with one attached hydrogen (secondary N) is 2. The fraction of sp³-hybridized carbons (Fsp3) is 0.391. The number of rotatable bonds is 7. The van der Waals surface area contributed by atoms with Crippen molar-refractivity contribution in [1.29, 1.82) is 0 Å². The molecule has 1 aromatic carbocycles. The number of amides is 1. The third-order valence-electron chi connectivity index (χ3n) is 5.67. The van der Waals surface area contributed by atoms with Crippen LogP contribution in [0.2, 0.25) is 0 Å². The number of carbonyl (C=O) groups is 1. The van der Waals surface area contributed by atoms with Crippen LogP contribution in [-0.2, 0) is 11.3 Å². The highest BCUT2D eigenvalue weighted by atomic mass is 16.5. The Hall–Kier alpha value is -3.42. The van der Waals surface area contributed by atoms with E-state index in [2.05, 4.69) is 15.4 Å². The van der Waals surface area contributed by atoms with Crippen molar-refractivity contribution in [3.8, 4) is 5.75 Å². The summed E-state index contributed by atoms with van der Waals surface area (Å²) in [5, 5.41) is 5.95. The van der Waals surface area contributed by atoms with Crippen molar-refractivity contribution >= 4 is 22.5 Å². The third kappa shape index (κ3) is 5.02. The second kappa shape index (κ2) is 9.59. The monoisotopic (exact) mass is 422 g/mol. The van der Waals surface area contributed by atoms with Crippen LogP contribution in [0, 0.1) is 5.92 Å². The Morgan fingerprint density at radius 2 is 1.87 bits per heavy atom. The van der Waals surface area contributed by atoms with Gasteiger partial charge >= 0.3 is 0 Å². The van der Waals surface area contributed by atoms with E-state index in [-0.39, 0.29) is 30.0 Å². The number of aromatic nitrogens is 3. The van der Waals surface area contributed by atoms with Gasteiger partial charge in [-0.25, -0.2) is 9.67 Å². The Bertz CT molecular complexity index is 1180. The number of anilines is 1. The lowest BCUT2D eigenvalue weighted by atomic mass is 9.90. The molecule has 1 aliphatic carbocycles. The van der Waals surface area contributed by atoms with E-state index in [4.69, 9.17) is 4.74 Å². The molecule has 162 valence electrons. The highest BCUT2D eigenvalue weighted by molar-refractivity contribution is 5.91. The highest BCUT2D eigenvalue weighted by Gasteiger charge is 2.16. The maximum atomic E-state index is 12.6. The second-order valence-electron chi connectivity index (χ2n) is 7.91. The van der Waals surface area contributed by atoms with Crippen molar-refractivity contribution in [2.24, 2.45) is 5.92 Å². The number of ether oxygens (including phenoxy) is 1. The number of fused-ring (bicyclic) bond motifs is 1. The molecule has 0 radical (unpaired) electrons. The van der Waals surface area contributed by atoms with Gasteiger partial charge in [0.15, 0.2) is 11.6 Å². The smallest absolute Gasteiger partial charge is 0.273 e. The summed E-state index contributed by atoms with van der Waals surface area (Å²) in [5.74, 6) is 1.12. The first-order valence-corrected chi connectivity index (χ1v) is 10.7. The largest absolute Gasteiger partial charge is 0.489 e. The summed E-state index contributed by atoms with van der Waals surface area (Å²) in [6.45, 7) is 0.665. The maximum Gasteiger partial charge on any atom is 0.273 e. The van der Waals surface area contributed by atoms with Gasteiger partial charge in [-0.15, -0.1) is 0 Å².